The summed E-state index contributed by atoms with van der Waals surface area (Å²) in [6, 6.07) is 3.64. The summed E-state index contributed by atoms with van der Waals surface area (Å²) in [5.74, 6) is -0.0591. The number of piperidine rings is 1. The molecule has 0 atom stereocenters. The molecule has 1 saturated heterocycles. The van der Waals surface area contributed by atoms with Crippen LogP contribution in [0.25, 0.3) is 0 Å². The molecule has 1 aliphatic rings. The highest BCUT2D eigenvalue weighted by Gasteiger charge is 2.16. The van der Waals surface area contributed by atoms with E-state index in [0.29, 0.717) is 31.9 Å². The van der Waals surface area contributed by atoms with Crippen molar-refractivity contribution in [1.82, 2.24) is 19.7 Å². The maximum atomic E-state index is 12.5. The number of hydrogen-bond donors (Lipinski definition) is 2. The zero-order valence-electron chi connectivity index (χ0n) is 15.8. The molecule has 0 unspecified atom stereocenters. The molecular formula is C19H32N4O3. The summed E-state index contributed by atoms with van der Waals surface area (Å²) in [5, 5.41) is 18.1. The van der Waals surface area contributed by atoms with Gasteiger partial charge in [0.15, 0.2) is 0 Å². The molecule has 1 aromatic rings. The van der Waals surface area contributed by atoms with Gasteiger partial charge in [0.2, 0.25) is 0 Å². The molecule has 0 bridgehead atoms. The summed E-state index contributed by atoms with van der Waals surface area (Å²) in [6.07, 6.45) is 5.53. The van der Waals surface area contributed by atoms with Crippen LogP contribution in [0.1, 0.15) is 35.3 Å². The summed E-state index contributed by atoms with van der Waals surface area (Å²) in [7, 11) is 1.83. The van der Waals surface area contributed by atoms with Crippen molar-refractivity contribution in [2.45, 2.75) is 25.8 Å². The number of carbonyl (C=O) groups is 1. The minimum Gasteiger partial charge on any atom is -0.395 e. The molecule has 0 spiro atoms. The Labute approximate surface area is 156 Å². The first-order valence-electron chi connectivity index (χ1n) is 9.51. The van der Waals surface area contributed by atoms with Crippen molar-refractivity contribution >= 4 is 5.91 Å². The Hall–Kier alpha value is -1.54. The monoisotopic (exact) mass is 364 g/mol. The Balaban J connectivity index is 1.84. The van der Waals surface area contributed by atoms with Gasteiger partial charge in [-0.05, 0) is 37.6 Å². The van der Waals surface area contributed by atoms with Crippen LogP contribution >= 0.6 is 0 Å². The molecule has 1 aliphatic heterocycles. The maximum absolute atomic E-state index is 12.5. The average Bonchev–Trinajstić information content (AvgIpc) is 2.67. The first-order valence-corrected chi connectivity index (χ1v) is 9.51. The zero-order chi connectivity index (χ0) is 18.8. The molecule has 2 N–H and O–H groups in total. The number of rotatable bonds is 10. The number of likely N-dealkylation sites (N-methyl/N-ethyl adjacent to an activating group) is 1. The number of nitrogens with zero attached hydrogens (tertiary/aromatic N) is 4. The molecule has 1 aromatic heterocycles. The molecule has 0 saturated carbocycles. The molecule has 146 valence electrons. The van der Waals surface area contributed by atoms with E-state index in [9.17, 15) is 4.79 Å². The zero-order valence-corrected chi connectivity index (χ0v) is 15.8. The average molecular weight is 364 g/mol. The van der Waals surface area contributed by atoms with Crippen molar-refractivity contribution in [1.29, 1.82) is 0 Å². The van der Waals surface area contributed by atoms with Gasteiger partial charge in [0.05, 0.1) is 13.2 Å². The lowest BCUT2D eigenvalue weighted by atomic mass is 10.1. The topological polar surface area (TPSA) is 80.1 Å². The molecular weight excluding hydrogens is 332 g/mol. The van der Waals surface area contributed by atoms with Crippen LogP contribution in [0.4, 0.5) is 0 Å². The number of aromatic nitrogens is 1. The van der Waals surface area contributed by atoms with E-state index in [1.807, 2.05) is 18.0 Å². The van der Waals surface area contributed by atoms with Crippen LogP contribution in [0, 0.1) is 0 Å². The number of hydrogen-bond acceptors (Lipinski definition) is 6. The number of aliphatic hydroxyl groups is 2. The molecule has 0 aromatic carbocycles. The van der Waals surface area contributed by atoms with Crippen molar-refractivity contribution in [3.8, 4) is 0 Å². The number of carbonyl (C=O) groups excluding carboxylic acids is 1. The fraction of sp³-hybridized carbons (Fsp3) is 0.684. The summed E-state index contributed by atoms with van der Waals surface area (Å²) in [4.78, 5) is 22.9. The minimum atomic E-state index is -0.0591. The molecule has 2 rings (SSSR count). The third kappa shape index (κ3) is 6.64. The second-order valence-electron chi connectivity index (χ2n) is 6.90. The van der Waals surface area contributed by atoms with Crippen molar-refractivity contribution in [3.05, 3.63) is 29.6 Å². The predicted octanol–water partition coefficient (Wildman–Crippen LogP) is 0.426. The van der Waals surface area contributed by atoms with Gasteiger partial charge in [0.1, 0.15) is 5.69 Å². The van der Waals surface area contributed by atoms with Gasteiger partial charge < -0.3 is 20.0 Å². The van der Waals surface area contributed by atoms with Gasteiger partial charge in [0, 0.05) is 46.0 Å². The number of pyridine rings is 1. The van der Waals surface area contributed by atoms with Gasteiger partial charge >= 0.3 is 0 Å². The van der Waals surface area contributed by atoms with Gasteiger partial charge in [-0.3, -0.25) is 14.7 Å². The summed E-state index contributed by atoms with van der Waals surface area (Å²) in [6.45, 7) is 5.58. The van der Waals surface area contributed by atoms with E-state index in [1.54, 1.807) is 17.2 Å². The van der Waals surface area contributed by atoms with E-state index in [4.69, 9.17) is 10.2 Å². The predicted molar refractivity (Wildman–Crippen MR) is 101 cm³/mol. The first kappa shape index (κ1) is 20.8. The number of amides is 1. The Morgan fingerprint density at radius 3 is 2.38 bits per heavy atom. The molecule has 1 fully saturated rings. The molecule has 7 heteroatoms. The lowest BCUT2D eigenvalue weighted by molar-refractivity contribution is 0.0767. The second kappa shape index (κ2) is 11.2. The van der Waals surface area contributed by atoms with Crippen LogP contribution in [0.2, 0.25) is 0 Å². The van der Waals surface area contributed by atoms with Crippen LogP contribution < -0.4 is 0 Å². The van der Waals surface area contributed by atoms with E-state index < -0.39 is 0 Å². The molecule has 7 nitrogen and oxygen atoms in total. The van der Waals surface area contributed by atoms with Crippen LogP contribution in [-0.4, -0.2) is 95.3 Å². The molecule has 0 aliphatic carbocycles. The molecule has 26 heavy (non-hydrogen) atoms. The molecule has 0 radical (unpaired) electrons. The Kier molecular flexibility index (Phi) is 8.97. The van der Waals surface area contributed by atoms with Crippen LogP contribution in [0.5, 0.6) is 0 Å². The quantitative estimate of drug-likeness (QED) is 0.627. The highest BCUT2D eigenvalue weighted by molar-refractivity contribution is 5.92. The normalized spacial score (nSPS) is 15.4. The summed E-state index contributed by atoms with van der Waals surface area (Å²) in [5.41, 5.74) is 1.41. The van der Waals surface area contributed by atoms with Crippen molar-refractivity contribution < 1.29 is 15.0 Å². The highest BCUT2D eigenvalue weighted by atomic mass is 16.3. The van der Waals surface area contributed by atoms with Gasteiger partial charge in [-0.15, -0.1) is 0 Å². The van der Waals surface area contributed by atoms with Crippen LogP contribution in [-0.2, 0) is 6.54 Å². The van der Waals surface area contributed by atoms with E-state index in [-0.39, 0.29) is 19.1 Å². The standard InChI is InChI=1S/C19H32N4O3/c1-21(9-10-22-7-3-2-4-8-22)19(26)18-6-5-17(15-20-18)16-23(11-13-24)12-14-25/h5-6,15,24-25H,2-4,7-14,16H2,1H3. The van der Waals surface area contributed by atoms with Gasteiger partial charge in [-0.1, -0.05) is 12.5 Å². The fourth-order valence-corrected chi connectivity index (χ4v) is 3.23. The maximum Gasteiger partial charge on any atom is 0.272 e. The van der Waals surface area contributed by atoms with E-state index >= 15 is 0 Å². The Morgan fingerprint density at radius 2 is 1.81 bits per heavy atom. The SMILES string of the molecule is CN(CCN1CCCCC1)C(=O)c1ccc(CN(CCO)CCO)cn1. The van der Waals surface area contributed by atoms with Crippen LogP contribution in [0.3, 0.4) is 0 Å². The molecule has 1 amide bonds. The lowest BCUT2D eigenvalue weighted by Crippen LogP contribution is -2.38. The Morgan fingerprint density at radius 1 is 1.12 bits per heavy atom. The number of likely N-dealkylation sites (tertiary alicyclic amines) is 1. The van der Waals surface area contributed by atoms with Gasteiger partial charge in [-0.2, -0.15) is 0 Å². The van der Waals surface area contributed by atoms with E-state index in [2.05, 4.69) is 9.88 Å². The first-order chi connectivity index (χ1) is 12.6. The second-order valence-corrected chi connectivity index (χ2v) is 6.90. The van der Waals surface area contributed by atoms with Crippen molar-refractivity contribution in [3.63, 3.8) is 0 Å². The molecule has 2 heterocycles. The lowest BCUT2D eigenvalue weighted by Gasteiger charge is -2.28. The smallest absolute Gasteiger partial charge is 0.272 e. The van der Waals surface area contributed by atoms with Gasteiger partial charge in [-0.25, -0.2) is 0 Å². The third-order valence-corrected chi connectivity index (χ3v) is 4.83. The van der Waals surface area contributed by atoms with Gasteiger partial charge in [0.25, 0.3) is 5.91 Å². The fourth-order valence-electron chi connectivity index (χ4n) is 3.23. The summed E-state index contributed by atoms with van der Waals surface area (Å²) >= 11 is 0. The van der Waals surface area contributed by atoms with Crippen molar-refractivity contribution in [2.75, 3.05) is 59.5 Å². The summed E-state index contributed by atoms with van der Waals surface area (Å²) < 4.78 is 0. The van der Waals surface area contributed by atoms with E-state index in [0.717, 1.165) is 25.2 Å². The highest BCUT2D eigenvalue weighted by Crippen LogP contribution is 2.09. The minimum absolute atomic E-state index is 0.0474. The van der Waals surface area contributed by atoms with E-state index in [1.165, 1.54) is 19.3 Å². The number of aliphatic hydroxyl groups excluding tert-OH is 2. The third-order valence-electron chi connectivity index (χ3n) is 4.83. The van der Waals surface area contributed by atoms with Crippen LogP contribution in [0.15, 0.2) is 18.3 Å². The van der Waals surface area contributed by atoms with Crippen molar-refractivity contribution in [2.24, 2.45) is 0 Å². The largest absolute Gasteiger partial charge is 0.395 e. The Bertz CT molecular complexity index is 526.